The van der Waals surface area contributed by atoms with Crippen LogP contribution in [0.15, 0.2) is 42.6 Å². The molecular formula is C18H23N3O5. The largest absolute Gasteiger partial charge is 0.492 e. The standard InChI is InChI=1S/C18H23N3O5/c1-24-18(23)12-26-15-5-3-14(4-6-15)25-9-8-20-11-16(22)13-2-7-17(19)21-10-13/h2-7,10,16,20,22H,8-9,11-12H2,1H3,(H2,19,21). The number of aliphatic hydroxyl groups is 1. The number of rotatable bonds is 10. The Hall–Kier alpha value is -2.84. The highest BCUT2D eigenvalue weighted by Gasteiger charge is 2.07. The van der Waals surface area contributed by atoms with Gasteiger partial charge in [0, 0.05) is 24.8 Å². The Morgan fingerprint density at radius 1 is 1.19 bits per heavy atom. The number of carbonyl (C=O) groups is 1. The van der Waals surface area contributed by atoms with Crippen molar-refractivity contribution in [3.05, 3.63) is 48.2 Å². The fourth-order valence-corrected chi connectivity index (χ4v) is 2.04. The van der Waals surface area contributed by atoms with Crippen LogP contribution < -0.4 is 20.5 Å². The third kappa shape index (κ3) is 6.58. The van der Waals surface area contributed by atoms with Crippen molar-refractivity contribution < 1.29 is 24.1 Å². The van der Waals surface area contributed by atoms with Gasteiger partial charge >= 0.3 is 5.97 Å². The van der Waals surface area contributed by atoms with Gasteiger partial charge in [-0.25, -0.2) is 9.78 Å². The van der Waals surface area contributed by atoms with Crippen LogP contribution in [0.1, 0.15) is 11.7 Å². The van der Waals surface area contributed by atoms with Crippen molar-refractivity contribution in [2.45, 2.75) is 6.10 Å². The van der Waals surface area contributed by atoms with Crippen LogP contribution in [0, 0.1) is 0 Å². The Balaban J connectivity index is 1.63. The van der Waals surface area contributed by atoms with E-state index in [2.05, 4.69) is 15.0 Å². The van der Waals surface area contributed by atoms with Gasteiger partial charge in [0.2, 0.25) is 0 Å². The molecule has 2 aromatic rings. The maximum Gasteiger partial charge on any atom is 0.343 e. The maximum atomic E-state index is 11.0. The molecule has 1 aromatic heterocycles. The summed E-state index contributed by atoms with van der Waals surface area (Å²) in [5.74, 6) is 1.22. The van der Waals surface area contributed by atoms with E-state index in [-0.39, 0.29) is 6.61 Å². The van der Waals surface area contributed by atoms with Gasteiger partial charge in [-0.1, -0.05) is 6.07 Å². The second-order valence-corrected chi connectivity index (χ2v) is 5.42. The van der Waals surface area contributed by atoms with Crippen molar-refractivity contribution in [2.75, 3.05) is 39.1 Å². The smallest absolute Gasteiger partial charge is 0.343 e. The molecule has 0 aliphatic heterocycles. The minimum Gasteiger partial charge on any atom is -0.492 e. The number of nitrogens with zero attached hydrogens (tertiary/aromatic N) is 1. The summed E-state index contributed by atoms with van der Waals surface area (Å²) < 4.78 is 15.3. The number of anilines is 1. The van der Waals surface area contributed by atoms with Crippen molar-refractivity contribution in [3.8, 4) is 11.5 Å². The van der Waals surface area contributed by atoms with Crippen LogP contribution in [0.2, 0.25) is 0 Å². The summed E-state index contributed by atoms with van der Waals surface area (Å²) in [7, 11) is 1.31. The van der Waals surface area contributed by atoms with E-state index >= 15 is 0 Å². The molecule has 0 bridgehead atoms. The van der Waals surface area contributed by atoms with Crippen LogP contribution in [0.25, 0.3) is 0 Å². The number of pyridine rings is 1. The Morgan fingerprint density at radius 2 is 1.88 bits per heavy atom. The van der Waals surface area contributed by atoms with E-state index in [0.717, 1.165) is 0 Å². The van der Waals surface area contributed by atoms with Gasteiger partial charge in [0.15, 0.2) is 6.61 Å². The summed E-state index contributed by atoms with van der Waals surface area (Å²) >= 11 is 0. The van der Waals surface area contributed by atoms with Gasteiger partial charge in [-0.15, -0.1) is 0 Å². The number of ether oxygens (including phenoxy) is 3. The minimum atomic E-state index is -0.658. The molecule has 140 valence electrons. The lowest BCUT2D eigenvalue weighted by molar-refractivity contribution is -0.142. The first-order valence-corrected chi connectivity index (χ1v) is 8.11. The van der Waals surface area contributed by atoms with Gasteiger partial charge in [-0.05, 0) is 30.3 Å². The highest BCUT2D eigenvalue weighted by Crippen LogP contribution is 2.17. The highest BCUT2D eigenvalue weighted by atomic mass is 16.6. The molecule has 4 N–H and O–H groups in total. The lowest BCUT2D eigenvalue weighted by Crippen LogP contribution is -2.26. The van der Waals surface area contributed by atoms with Crippen molar-refractivity contribution in [1.29, 1.82) is 0 Å². The summed E-state index contributed by atoms with van der Waals surface area (Å²) in [6, 6.07) is 10.3. The second-order valence-electron chi connectivity index (χ2n) is 5.42. The number of methoxy groups -OCH3 is 1. The van der Waals surface area contributed by atoms with Crippen LogP contribution in [-0.4, -0.2) is 49.5 Å². The summed E-state index contributed by atoms with van der Waals surface area (Å²) in [5.41, 5.74) is 6.22. The van der Waals surface area contributed by atoms with Gasteiger partial charge in [0.1, 0.15) is 23.9 Å². The van der Waals surface area contributed by atoms with E-state index in [1.807, 2.05) is 0 Å². The maximum absolute atomic E-state index is 11.0. The van der Waals surface area contributed by atoms with Crippen LogP contribution in [0.3, 0.4) is 0 Å². The lowest BCUT2D eigenvalue weighted by atomic mass is 10.1. The molecular weight excluding hydrogens is 338 g/mol. The quantitative estimate of drug-likeness (QED) is 0.423. The van der Waals surface area contributed by atoms with Crippen molar-refractivity contribution in [2.24, 2.45) is 0 Å². The van der Waals surface area contributed by atoms with Gasteiger partial charge in [0.05, 0.1) is 13.2 Å². The molecule has 2 rings (SSSR count). The molecule has 1 atom stereocenters. The van der Waals surface area contributed by atoms with Crippen LogP contribution in [0.5, 0.6) is 11.5 Å². The van der Waals surface area contributed by atoms with Gasteiger partial charge in [0.25, 0.3) is 0 Å². The summed E-state index contributed by atoms with van der Waals surface area (Å²) in [6.07, 6.45) is 0.900. The molecule has 0 saturated carbocycles. The number of carbonyl (C=O) groups excluding carboxylic acids is 1. The normalized spacial score (nSPS) is 11.6. The van der Waals surface area contributed by atoms with Gasteiger partial charge in [-0.2, -0.15) is 0 Å². The molecule has 8 heteroatoms. The number of hydrogen-bond acceptors (Lipinski definition) is 8. The van der Waals surface area contributed by atoms with Crippen molar-refractivity contribution in [3.63, 3.8) is 0 Å². The molecule has 0 saturated heterocycles. The van der Waals surface area contributed by atoms with Gasteiger partial charge in [-0.3, -0.25) is 0 Å². The van der Waals surface area contributed by atoms with E-state index in [4.69, 9.17) is 15.2 Å². The summed E-state index contributed by atoms with van der Waals surface area (Å²) in [4.78, 5) is 15.0. The molecule has 1 aromatic carbocycles. The fourth-order valence-electron chi connectivity index (χ4n) is 2.04. The van der Waals surface area contributed by atoms with Crippen LogP contribution in [0.4, 0.5) is 5.82 Å². The number of nitrogen functional groups attached to an aromatic ring is 1. The Morgan fingerprint density at radius 3 is 2.50 bits per heavy atom. The topological polar surface area (TPSA) is 116 Å². The molecule has 1 unspecified atom stereocenters. The molecule has 0 radical (unpaired) electrons. The van der Waals surface area contributed by atoms with E-state index in [9.17, 15) is 9.90 Å². The number of nitrogens with one attached hydrogen (secondary N) is 1. The molecule has 0 spiro atoms. The number of aromatic nitrogens is 1. The summed E-state index contributed by atoms with van der Waals surface area (Å²) in [5, 5.41) is 13.1. The highest BCUT2D eigenvalue weighted by molar-refractivity contribution is 5.70. The van der Waals surface area contributed by atoms with Gasteiger partial charge < -0.3 is 30.4 Å². The van der Waals surface area contributed by atoms with Crippen LogP contribution in [-0.2, 0) is 9.53 Å². The monoisotopic (exact) mass is 361 g/mol. The van der Waals surface area contributed by atoms with E-state index < -0.39 is 12.1 Å². The zero-order valence-electron chi connectivity index (χ0n) is 14.6. The van der Waals surface area contributed by atoms with Crippen molar-refractivity contribution in [1.82, 2.24) is 10.3 Å². The average Bonchev–Trinajstić information content (AvgIpc) is 2.67. The summed E-state index contributed by atoms with van der Waals surface area (Å²) in [6.45, 7) is 1.26. The van der Waals surface area contributed by atoms with E-state index in [1.165, 1.54) is 7.11 Å². The molecule has 0 aliphatic rings. The predicted molar refractivity (Wildman–Crippen MR) is 95.9 cm³/mol. The second kappa shape index (κ2) is 10.2. The number of hydrogen-bond donors (Lipinski definition) is 3. The SMILES string of the molecule is COC(=O)COc1ccc(OCCNCC(O)c2ccc(N)nc2)cc1. The Bertz CT molecular complexity index is 676. The fraction of sp³-hybridized carbons (Fsp3) is 0.333. The third-order valence-electron chi connectivity index (χ3n) is 3.49. The average molecular weight is 361 g/mol. The molecule has 26 heavy (non-hydrogen) atoms. The van der Waals surface area contributed by atoms with E-state index in [0.29, 0.717) is 42.6 Å². The zero-order valence-corrected chi connectivity index (χ0v) is 14.6. The molecule has 8 nitrogen and oxygen atoms in total. The Labute approximate surface area is 151 Å². The van der Waals surface area contributed by atoms with Crippen LogP contribution >= 0.6 is 0 Å². The van der Waals surface area contributed by atoms with Crippen molar-refractivity contribution >= 4 is 11.8 Å². The molecule has 1 heterocycles. The molecule has 0 amide bonds. The number of esters is 1. The predicted octanol–water partition coefficient (Wildman–Crippen LogP) is 0.918. The zero-order chi connectivity index (χ0) is 18.8. The third-order valence-corrected chi connectivity index (χ3v) is 3.49. The minimum absolute atomic E-state index is 0.132. The number of nitrogens with two attached hydrogens (primary N) is 1. The first kappa shape index (κ1) is 19.5. The molecule has 0 fully saturated rings. The Kier molecular flexibility index (Phi) is 7.66. The number of aliphatic hydroxyl groups excluding tert-OH is 1. The van der Waals surface area contributed by atoms with E-state index in [1.54, 1.807) is 42.6 Å². The first-order chi connectivity index (χ1) is 12.6. The molecule has 0 aliphatic carbocycles. The lowest BCUT2D eigenvalue weighted by Gasteiger charge is -2.12. The first-order valence-electron chi connectivity index (χ1n) is 8.11. The number of benzene rings is 1.